The fraction of sp³-hybridized carbons (Fsp3) is 0.379. The Hall–Kier alpha value is -2.79. The molecule has 1 aliphatic carbocycles. The molecule has 5 heteroatoms. The molecular formula is C29H33NO3S. The molecule has 178 valence electrons. The molecule has 0 bridgehead atoms. The molecule has 34 heavy (non-hydrogen) atoms. The minimum absolute atomic E-state index is 0.255. The summed E-state index contributed by atoms with van der Waals surface area (Å²) in [4.78, 5) is 0.307. The maximum atomic E-state index is 13.4. The monoisotopic (exact) mass is 475 g/mol. The molecule has 0 saturated heterocycles. The topological polar surface area (TPSA) is 59.3 Å². The van der Waals surface area contributed by atoms with Crippen molar-refractivity contribution >= 4 is 37.5 Å². The number of rotatable bonds is 5. The van der Waals surface area contributed by atoms with Crippen LogP contribution in [-0.4, -0.2) is 8.42 Å². The third-order valence-corrected chi connectivity index (χ3v) is 9.46. The van der Waals surface area contributed by atoms with Crippen LogP contribution in [0.1, 0.15) is 56.1 Å². The number of benzene rings is 3. The van der Waals surface area contributed by atoms with Crippen LogP contribution in [0.3, 0.4) is 0 Å². The number of sulfonamides is 1. The number of hydrogen-bond acceptors (Lipinski definition) is 3. The number of fused-ring (bicyclic) bond motifs is 5. The molecule has 0 radical (unpaired) electrons. The average molecular weight is 476 g/mol. The predicted molar refractivity (Wildman–Crippen MR) is 140 cm³/mol. The summed E-state index contributed by atoms with van der Waals surface area (Å²) in [5.74, 6) is 1.63. The van der Waals surface area contributed by atoms with Crippen LogP contribution < -0.4 is 4.72 Å². The van der Waals surface area contributed by atoms with E-state index in [-0.39, 0.29) is 5.41 Å². The third kappa shape index (κ3) is 3.80. The standard InChI is InChI=1S/C29H33NO3S/c1-6-29(4,5)20-12-13-26-23(16-20)24-17-25(21-9-7-8-10-22(21)28(24)33-26)30-34(31,32)27-14-11-18(2)15-19(27)3/h7-11,14-15,17,20,30H,6,12-13,16H2,1-5H3/t20-/m1/s1. The first-order valence-electron chi connectivity index (χ1n) is 12.2. The summed E-state index contributed by atoms with van der Waals surface area (Å²) >= 11 is 0. The number of nitrogens with one attached hydrogen (secondary N) is 1. The quantitative estimate of drug-likeness (QED) is 0.324. The Morgan fingerprint density at radius 1 is 1.03 bits per heavy atom. The first-order chi connectivity index (χ1) is 16.1. The molecule has 1 aromatic heterocycles. The second-order valence-electron chi connectivity index (χ2n) is 10.5. The smallest absolute Gasteiger partial charge is 0.262 e. The van der Waals surface area contributed by atoms with Crippen molar-refractivity contribution in [2.75, 3.05) is 4.72 Å². The Kier molecular flexibility index (Phi) is 5.51. The van der Waals surface area contributed by atoms with E-state index in [0.29, 0.717) is 16.5 Å². The van der Waals surface area contributed by atoms with Crippen LogP contribution in [0.25, 0.3) is 21.7 Å². The largest absolute Gasteiger partial charge is 0.460 e. The van der Waals surface area contributed by atoms with Gasteiger partial charge in [0.15, 0.2) is 0 Å². The van der Waals surface area contributed by atoms with Gasteiger partial charge in [0.1, 0.15) is 11.3 Å². The molecule has 3 aromatic carbocycles. The van der Waals surface area contributed by atoms with Gasteiger partial charge in [-0.2, -0.15) is 0 Å². The van der Waals surface area contributed by atoms with Crippen molar-refractivity contribution in [1.29, 1.82) is 0 Å². The van der Waals surface area contributed by atoms with Gasteiger partial charge in [-0.3, -0.25) is 4.72 Å². The molecular weight excluding hydrogens is 442 g/mol. The molecule has 0 unspecified atom stereocenters. The van der Waals surface area contributed by atoms with Gasteiger partial charge in [-0.15, -0.1) is 0 Å². The zero-order chi connectivity index (χ0) is 24.3. The van der Waals surface area contributed by atoms with Crippen LogP contribution in [0.5, 0.6) is 0 Å². The first-order valence-corrected chi connectivity index (χ1v) is 13.6. The molecule has 0 saturated carbocycles. The lowest BCUT2D eigenvalue weighted by atomic mass is 9.69. The molecule has 1 heterocycles. The highest BCUT2D eigenvalue weighted by Gasteiger charge is 2.34. The molecule has 1 aliphatic rings. The zero-order valence-corrected chi connectivity index (χ0v) is 21.5. The highest BCUT2D eigenvalue weighted by molar-refractivity contribution is 7.92. The Morgan fingerprint density at radius 3 is 2.47 bits per heavy atom. The van der Waals surface area contributed by atoms with E-state index in [2.05, 4.69) is 25.5 Å². The van der Waals surface area contributed by atoms with E-state index < -0.39 is 10.0 Å². The summed E-state index contributed by atoms with van der Waals surface area (Å²) in [5.41, 5.74) is 4.74. The van der Waals surface area contributed by atoms with Crippen molar-refractivity contribution in [2.24, 2.45) is 11.3 Å². The Bertz CT molecular complexity index is 1510. The number of anilines is 1. The van der Waals surface area contributed by atoms with Gasteiger partial charge in [-0.05, 0) is 55.7 Å². The highest BCUT2D eigenvalue weighted by Crippen LogP contribution is 2.45. The Balaban J connectivity index is 1.66. The molecule has 1 N–H and O–H groups in total. The fourth-order valence-corrected chi connectivity index (χ4v) is 6.74. The molecule has 4 aromatic rings. The van der Waals surface area contributed by atoms with Crippen LogP contribution in [0.15, 0.2) is 57.8 Å². The van der Waals surface area contributed by atoms with E-state index in [1.165, 1.54) is 5.56 Å². The molecule has 0 aliphatic heterocycles. The SMILES string of the molecule is CCC(C)(C)[C@@H]1CCc2oc3c(cc(NS(=O)(=O)c4ccc(C)cc4C)c4ccccc43)c2C1. The average Bonchev–Trinajstić information content (AvgIpc) is 3.17. The zero-order valence-electron chi connectivity index (χ0n) is 20.7. The summed E-state index contributed by atoms with van der Waals surface area (Å²) in [5, 5.41) is 2.82. The summed E-state index contributed by atoms with van der Waals surface area (Å²) < 4.78 is 36.2. The van der Waals surface area contributed by atoms with Crippen LogP contribution in [0.4, 0.5) is 5.69 Å². The summed E-state index contributed by atoms with van der Waals surface area (Å²) in [6, 6.07) is 15.3. The normalized spacial score (nSPS) is 16.7. The van der Waals surface area contributed by atoms with Gasteiger partial charge >= 0.3 is 0 Å². The molecule has 0 spiro atoms. The lowest BCUT2D eigenvalue weighted by molar-refractivity contribution is 0.179. The number of aryl methyl sites for hydroxylation is 3. The van der Waals surface area contributed by atoms with Gasteiger partial charge in [-0.1, -0.05) is 69.2 Å². The second-order valence-corrected chi connectivity index (χ2v) is 12.2. The van der Waals surface area contributed by atoms with E-state index in [0.717, 1.165) is 64.3 Å². The Morgan fingerprint density at radius 2 is 1.76 bits per heavy atom. The van der Waals surface area contributed by atoms with E-state index in [1.807, 2.05) is 56.3 Å². The summed E-state index contributed by atoms with van der Waals surface area (Å²) in [6.45, 7) is 10.8. The first kappa shape index (κ1) is 23.0. The van der Waals surface area contributed by atoms with Crippen molar-refractivity contribution < 1.29 is 12.8 Å². The lowest BCUT2D eigenvalue weighted by Gasteiger charge is -2.36. The van der Waals surface area contributed by atoms with E-state index >= 15 is 0 Å². The van der Waals surface area contributed by atoms with Gasteiger partial charge in [0.2, 0.25) is 0 Å². The van der Waals surface area contributed by atoms with Gasteiger partial charge < -0.3 is 4.42 Å². The van der Waals surface area contributed by atoms with Gasteiger partial charge in [-0.25, -0.2) is 8.42 Å². The van der Waals surface area contributed by atoms with Crippen molar-refractivity contribution in [1.82, 2.24) is 0 Å². The molecule has 4 nitrogen and oxygen atoms in total. The maximum absolute atomic E-state index is 13.4. The van der Waals surface area contributed by atoms with E-state index in [4.69, 9.17) is 4.42 Å². The van der Waals surface area contributed by atoms with Crippen LogP contribution >= 0.6 is 0 Å². The Labute approximate surface area is 202 Å². The van der Waals surface area contributed by atoms with Gasteiger partial charge in [0.05, 0.1) is 10.6 Å². The molecule has 5 rings (SSSR count). The number of hydrogen-bond donors (Lipinski definition) is 1. The van der Waals surface area contributed by atoms with Crippen molar-refractivity contribution in [3.8, 4) is 0 Å². The van der Waals surface area contributed by atoms with Gasteiger partial charge in [0.25, 0.3) is 10.0 Å². The highest BCUT2D eigenvalue weighted by atomic mass is 32.2. The molecule has 0 fully saturated rings. The van der Waals surface area contributed by atoms with E-state index in [9.17, 15) is 8.42 Å². The van der Waals surface area contributed by atoms with Crippen molar-refractivity contribution in [3.05, 3.63) is 71.0 Å². The van der Waals surface area contributed by atoms with E-state index in [1.54, 1.807) is 6.07 Å². The minimum Gasteiger partial charge on any atom is -0.460 e. The maximum Gasteiger partial charge on any atom is 0.262 e. The lowest BCUT2D eigenvalue weighted by Crippen LogP contribution is -2.28. The second kappa shape index (κ2) is 8.16. The molecule has 0 amide bonds. The summed E-state index contributed by atoms with van der Waals surface area (Å²) in [6.07, 6.45) is 4.14. The van der Waals surface area contributed by atoms with Crippen molar-refractivity contribution in [3.63, 3.8) is 0 Å². The predicted octanol–water partition coefficient (Wildman–Crippen LogP) is 7.54. The number of furan rings is 1. The molecule has 1 atom stereocenters. The third-order valence-electron chi connectivity index (χ3n) is 7.93. The van der Waals surface area contributed by atoms with Gasteiger partial charge in [0, 0.05) is 28.1 Å². The summed E-state index contributed by atoms with van der Waals surface area (Å²) in [7, 11) is -3.74. The van der Waals surface area contributed by atoms with Crippen LogP contribution in [0.2, 0.25) is 0 Å². The van der Waals surface area contributed by atoms with Crippen LogP contribution in [0, 0.1) is 25.2 Å². The minimum atomic E-state index is -3.74. The fourth-order valence-electron chi connectivity index (χ4n) is 5.44. The van der Waals surface area contributed by atoms with Crippen LogP contribution in [-0.2, 0) is 22.9 Å². The van der Waals surface area contributed by atoms with Crippen molar-refractivity contribution in [2.45, 2.75) is 65.2 Å².